The summed E-state index contributed by atoms with van der Waals surface area (Å²) in [6.07, 6.45) is 2.43. The second kappa shape index (κ2) is 12.2. The number of rotatable bonds is 12. The average molecular weight is 590 g/mol. The third-order valence-corrected chi connectivity index (χ3v) is 9.90. The SMILES string of the molecule is COc1cccc2c1c(NS(=O)(=O)c1ccc(Cl)s1)nn2Cc1cccc(CNCOC[C@H]2CCCN2C)c1. The van der Waals surface area contributed by atoms with Crippen molar-refractivity contribution >= 4 is 49.7 Å². The minimum atomic E-state index is -3.87. The number of likely N-dealkylation sites (N-methyl/N-ethyl adjacent to an activating group) is 1. The number of thiophene rings is 1. The second-order valence-corrected chi connectivity index (χ2v) is 13.2. The first-order valence-electron chi connectivity index (χ1n) is 12.7. The Labute approximate surface area is 237 Å². The van der Waals surface area contributed by atoms with Crippen LogP contribution in [0.3, 0.4) is 0 Å². The molecule has 2 N–H and O–H groups in total. The highest BCUT2D eigenvalue weighted by Gasteiger charge is 2.23. The van der Waals surface area contributed by atoms with Gasteiger partial charge in [-0.15, -0.1) is 11.3 Å². The Morgan fingerprint density at radius 3 is 2.72 bits per heavy atom. The average Bonchev–Trinajstić information content (AvgIpc) is 3.63. The van der Waals surface area contributed by atoms with Crippen molar-refractivity contribution in [2.24, 2.45) is 0 Å². The minimum Gasteiger partial charge on any atom is -0.496 e. The number of nitrogens with one attached hydrogen (secondary N) is 2. The highest BCUT2D eigenvalue weighted by molar-refractivity contribution is 7.94. The molecule has 0 unspecified atom stereocenters. The number of halogens is 1. The number of hydrogen-bond donors (Lipinski definition) is 2. The number of aromatic nitrogens is 2. The van der Waals surface area contributed by atoms with Gasteiger partial charge in [0.15, 0.2) is 5.82 Å². The van der Waals surface area contributed by atoms with Crippen molar-refractivity contribution in [2.75, 3.05) is 38.8 Å². The maximum absolute atomic E-state index is 13.0. The maximum atomic E-state index is 13.0. The van der Waals surface area contributed by atoms with E-state index in [4.69, 9.17) is 21.1 Å². The Bertz CT molecular complexity index is 1540. The highest BCUT2D eigenvalue weighted by atomic mass is 35.5. The highest BCUT2D eigenvalue weighted by Crippen LogP contribution is 2.35. The van der Waals surface area contributed by atoms with Crippen LogP contribution in [0.25, 0.3) is 10.9 Å². The van der Waals surface area contributed by atoms with E-state index in [1.807, 2.05) is 24.3 Å². The van der Waals surface area contributed by atoms with Crippen LogP contribution in [0.4, 0.5) is 5.82 Å². The Morgan fingerprint density at radius 1 is 1.15 bits per heavy atom. The summed E-state index contributed by atoms with van der Waals surface area (Å²) in [6, 6.07) is 17.3. The number of fused-ring (bicyclic) bond motifs is 1. The van der Waals surface area contributed by atoms with E-state index in [0.29, 0.717) is 41.3 Å². The third kappa shape index (κ3) is 6.56. The van der Waals surface area contributed by atoms with Crippen molar-refractivity contribution in [3.63, 3.8) is 0 Å². The van der Waals surface area contributed by atoms with E-state index in [0.717, 1.165) is 41.1 Å². The molecule has 1 fully saturated rings. The molecule has 3 heterocycles. The van der Waals surface area contributed by atoms with Gasteiger partial charge in [-0.2, -0.15) is 5.10 Å². The van der Waals surface area contributed by atoms with E-state index >= 15 is 0 Å². The summed E-state index contributed by atoms with van der Waals surface area (Å²) in [7, 11) is -0.168. The van der Waals surface area contributed by atoms with Crippen molar-refractivity contribution < 1.29 is 17.9 Å². The van der Waals surface area contributed by atoms with E-state index in [-0.39, 0.29) is 10.0 Å². The van der Waals surface area contributed by atoms with Crippen LogP contribution < -0.4 is 14.8 Å². The summed E-state index contributed by atoms with van der Waals surface area (Å²) in [5, 5.41) is 8.60. The van der Waals surface area contributed by atoms with Crippen molar-refractivity contribution in [3.05, 3.63) is 70.1 Å². The second-order valence-electron chi connectivity index (χ2n) is 9.56. The van der Waals surface area contributed by atoms with Gasteiger partial charge in [0.25, 0.3) is 10.0 Å². The van der Waals surface area contributed by atoms with Crippen LogP contribution in [-0.4, -0.2) is 63.2 Å². The van der Waals surface area contributed by atoms with Crippen LogP contribution in [0, 0.1) is 0 Å². The third-order valence-electron chi connectivity index (χ3n) is 6.84. The molecule has 1 aliphatic heterocycles. The molecule has 0 spiro atoms. The number of anilines is 1. The van der Waals surface area contributed by atoms with Crippen LogP contribution in [0.2, 0.25) is 4.34 Å². The molecule has 1 aliphatic rings. The lowest BCUT2D eigenvalue weighted by molar-refractivity contribution is 0.0727. The fraction of sp³-hybridized carbons (Fsp3) is 0.370. The van der Waals surface area contributed by atoms with Gasteiger partial charge in [-0.3, -0.25) is 14.7 Å². The van der Waals surface area contributed by atoms with Gasteiger partial charge >= 0.3 is 0 Å². The Kier molecular flexibility index (Phi) is 8.75. The molecule has 0 radical (unpaired) electrons. The molecule has 1 saturated heterocycles. The molecule has 39 heavy (non-hydrogen) atoms. The van der Waals surface area contributed by atoms with Crippen molar-refractivity contribution in [1.29, 1.82) is 0 Å². The molecule has 1 atom stereocenters. The molecular formula is C27H32ClN5O4S2. The summed E-state index contributed by atoms with van der Waals surface area (Å²) in [4.78, 5) is 2.35. The van der Waals surface area contributed by atoms with E-state index in [1.54, 1.807) is 23.9 Å². The molecule has 0 aliphatic carbocycles. The van der Waals surface area contributed by atoms with E-state index in [2.05, 4.69) is 39.2 Å². The number of sulfonamides is 1. The molecule has 0 amide bonds. The summed E-state index contributed by atoms with van der Waals surface area (Å²) in [5.74, 6) is 0.734. The quantitative estimate of drug-likeness (QED) is 0.181. The zero-order chi connectivity index (χ0) is 27.4. The fourth-order valence-electron chi connectivity index (χ4n) is 4.84. The topological polar surface area (TPSA) is 97.7 Å². The predicted molar refractivity (Wildman–Crippen MR) is 155 cm³/mol. The Balaban J connectivity index is 1.30. The Morgan fingerprint density at radius 2 is 1.97 bits per heavy atom. The number of likely N-dealkylation sites (tertiary alicyclic amines) is 1. The Hall–Kier alpha value is -2.67. The summed E-state index contributed by atoms with van der Waals surface area (Å²) < 4.78 is 42.4. The number of hydrogen-bond acceptors (Lipinski definition) is 8. The van der Waals surface area contributed by atoms with Crippen molar-refractivity contribution in [2.45, 2.75) is 36.2 Å². The predicted octanol–water partition coefficient (Wildman–Crippen LogP) is 4.77. The van der Waals surface area contributed by atoms with Gasteiger partial charge in [-0.25, -0.2) is 8.42 Å². The molecule has 2 aromatic heterocycles. The monoisotopic (exact) mass is 589 g/mol. The van der Waals surface area contributed by atoms with E-state index < -0.39 is 10.0 Å². The first-order valence-corrected chi connectivity index (χ1v) is 15.4. The van der Waals surface area contributed by atoms with Crippen molar-refractivity contribution in [3.8, 4) is 5.75 Å². The number of nitrogens with zero attached hydrogens (tertiary/aromatic N) is 3. The molecule has 4 aromatic rings. The minimum absolute atomic E-state index is 0.115. The van der Waals surface area contributed by atoms with Crippen LogP contribution in [0.1, 0.15) is 24.0 Å². The zero-order valence-corrected chi connectivity index (χ0v) is 24.3. The lowest BCUT2D eigenvalue weighted by atomic mass is 10.1. The van der Waals surface area contributed by atoms with Gasteiger partial charge in [0.2, 0.25) is 0 Å². The lowest BCUT2D eigenvalue weighted by Gasteiger charge is -2.19. The smallest absolute Gasteiger partial charge is 0.272 e. The van der Waals surface area contributed by atoms with Crippen LogP contribution in [0.15, 0.2) is 58.8 Å². The van der Waals surface area contributed by atoms with Crippen LogP contribution >= 0.6 is 22.9 Å². The fourth-order valence-corrected chi connectivity index (χ4v) is 7.33. The lowest BCUT2D eigenvalue weighted by Crippen LogP contribution is -2.31. The van der Waals surface area contributed by atoms with Gasteiger partial charge in [0.05, 0.1) is 42.2 Å². The maximum Gasteiger partial charge on any atom is 0.272 e. The first kappa shape index (κ1) is 27.9. The van der Waals surface area contributed by atoms with Crippen LogP contribution in [-0.2, 0) is 27.8 Å². The van der Waals surface area contributed by atoms with Gasteiger partial charge in [-0.05, 0) is 61.8 Å². The zero-order valence-electron chi connectivity index (χ0n) is 21.9. The molecule has 5 rings (SSSR count). The van der Waals surface area contributed by atoms with Gasteiger partial charge < -0.3 is 14.4 Å². The normalized spacial score (nSPS) is 16.2. The van der Waals surface area contributed by atoms with E-state index in [9.17, 15) is 8.42 Å². The molecular weight excluding hydrogens is 558 g/mol. The van der Waals surface area contributed by atoms with Crippen molar-refractivity contribution in [1.82, 2.24) is 20.0 Å². The molecule has 2 aromatic carbocycles. The molecule has 0 bridgehead atoms. The van der Waals surface area contributed by atoms with Crippen LogP contribution in [0.5, 0.6) is 5.75 Å². The molecule has 12 heteroatoms. The van der Waals surface area contributed by atoms with E-state index in [1.165, 1.54) is 18.9 Å². The molecule has 9 nitrogen and oxygen atoms in total. The molecule has 208 valence electrons. The summed E-state index contributed by atoms with van der Waals surface area (Å²) in [5.41, 5.74) is 2.91. The largest absolute Gasteiger partial charge is 0.496 e. The summed E-state index contributed by atoms with van der Waals surface area (Å²) >= 11 is 6.96. The van der Waals surface area contributed by atoms with Gasteiger partial charge in [-0.1, -0.05) is 41.9 Å². The first-order chi connectivity index (χ1) is 18.8. The number of benzene rings is 2. The standard InChI is InChI=1S/C27H32ClN5O4S2/c1-32-13-5-8-21(32)17-37-18-29-15-19-6-3-7-20(14-19)16-33-22-9-4-10-23(36-2)26(22)27(30-33)31-39(34,35)25-12-11-24(28)38-25/h3-4,6-7,9-12,14,21,29H,5,8,13,15-18H2,1-2H3,(H,30,31)/t21-/m1/s1. The van der Waals surface area contributed by atoms with Gasteiger partial charge in [0, 0.05) is 12.6 Å². The van der Waals surface area contributed by atoms with Gasteiger partial charge in [0.1, 0.15) is 9.96 Å². The molecule has 0 saturated carbocycles. The number of methoxy groups -OCH3 is 1. The summed E-state index contributed by atoms with van der Waals surface area (Å²) in [6.45, 7) is 3.51. The number of ether oxygens (including phenoxy) is 2.